The van der Waals surface area contributed by atoms with Crippen LogP contribution in [0.4, 0.5) is 18.9 Å². The van der Waals surface area contributed by atoms with Crippen molar-refractivity contribution in [3.05, 3.63) is 12.4 Å². The molecule has 1 aromatic rings. The minimum absolute atomic E-state index is 0.00998. The Hall–Kier alpha value is -1.28. The summed E-state index contributed by atoms with van der Waals surface area (Å²) in [7, 11) is 0. The first kappa shape index (κ1) is 14.1. The van der Waals surface area contributed by atoms with Gasteiger partial charge in [-0.3, -0.25) is 9.58 Å². The molecule has 1 aliphatic carbocycles. The lowest BCUT2D eigenvalue weighted by atomic mass is 10.3. The number of hydrogen-bond acceptors (Lipinski definition) is 4. The first-order chi connectivity index (χ1) is 8.83. The van der Waals surface area contributed by atoms with Crippen LogP contribution in [-0.2, 0) is 6.54 Å². The lowest BCUT2D eigenvalue weighted by Crippen LogP contribution is -2.41. The normalized spacial score (nSPS) is 17.9. The maximum atomic E-state index is 12.4. The number of nitrogen functional groups attached to an aromatic ring is 1. The maximum absolute atomic E-state index is 12.4. The fourth-order valence-electron chi connectivity index (χ4n) is 2.04. The van der Waals surface area contributed by atoms with Crippen molar-refractivity contribution in [3.8, 4) is 0 Å². The molecule has 1 aromatic heterocycles. The molecule has 1 unspecified atom stereocenters. The summed E-state index contributed by atoms with van der Waals surface area (Å²) in [5.74, 6) is 0. The van der Waals surface area contributed by atoms with Gasteiger partial charge in [0.2, 0.25) is 0 Å². The predicted molar refractivity (Wildman–Crippen MR) is 63.3 cm³/mol. The molecule has 0 spiro atoms. The first-order valence-electron chi connectivity index (χ1n) is 6.10. The highest BCUT2D eigenvalue weighted by molar-refractivity contribution is 5.30. The standard InChI is InChI=1S/C11H17F3N4O/c12-11(13,14)7-17(9-1-2-9)5-10(19)6-18-4-8(15)3-16-18/h3-4,9-10,19H,1-2,5-7,15H2. The molecule has 0 aliphatic heterocycles. The molecule has 108 valence electrons. The Balaban J connectivity index is 1.86. The molecule has 1 saturated carbocycles. The number of aromatic nitrogens is 2. The number of nitrogens with zero attached hydrogens (tertiary/aromatic N) is 3. The second-order valence-corrected chi connectivity index (χ2v) is 4.93. The summed E-state index contributed by atoms with van der Waals surface area (Å²) in [6.07, 6.45) is -0.648. The zero-order chi connectivity index (χ0) is 14.0. The number of alkyl halides is 3. The molecule has 0 aromatic carbocycles. The molecule has 8 heteroatoms. The smallest absolute Gasteiger partial charge is 0.396 e. The lowest BCUT2D eigenvalue weighted by Gasteiger charge is -2.25. The van der Waals surface area contributed by atoms with Crippen LogP contribution in [0.3, 0.4) is 0 Å². The van der Waals surface area contributed by atoms with E-state index in [0.29, 0.717) is 5.69 Å². The molecule has 0 saturated heterocycles. The van der Waals surface area contributed by atoms with E-state index in [0.717, 1.165) is 12.8 Å². The van der Waals surface area contributed by atoms with Gasteiger partial charge in [0.25, 0.3) is 0 Å². The first-order valence-corrected chi connectivity index (χ1v) is 6.10. The van der Waals surface area contributed by atoms with Crippen LogP contribution < -0.4 is 5.73 Å². The molecular formula is C11H17F3N4O. The Labute approximate surface area is 108 Å². The van der Waals surface area contributed by atoms with Gasteiger partial charge in [0.05, 0.1) is 31.1 Å². The van der Waals surface area contributed by atoms with Crippen molar-refractivity contribution >= 4 is 5.69 Å². The SMILES string of the molecule is Nc1cnn(CC(O)CN(CC(F)(F)F)C2CC2)c1. The fourth-order valence-corrected chi connectivity index (χ4v) is 2.04. The largest absolute Gasteiger partial charge is 0.401 e. The lowest BCUT2D eigenvalue weighted by molar-refractivity contribution is -0.150. The molecule has 0 amide bonds. The fraction of sp³-hybridized carbons (Fsp3) is 0.727. The highest BCUT2D eigenvalue weighted by Gasteiger charge is 2.38. The van der Waals surface area contributed by atoms with Crippen LogP contribution in [0, 0.1) is 0 Å². The van der Waals surface area contributed by atoms with E-state index in [-0.39, 0.29) is 19.1 Å². The van der Waals surface area contributed by atoms with Crippen LogP contribution in [-0.4, -0.2) is 51.2 Å². The van der Waals surface area contributed by atoms with Crippen molar-refractivity contribution in [3.63, 3.8) is 0 Å². The van der Waals surface area contributed by atoms with E-state index in [1.165, 1.54) is 22.0 Å². The third kappa shape index (κ3) is 4.71. The third-order valence-electron chi connectivity index (χ3n) is 2.94. The van der Waals surface area contributed by atoms with E-state index in [2.05, 4.69) is 5.10 Å². The second kappa shape index (κ2) is 5.38. The molecule has 1 aliphatic rings. The number of aliphatic hydroxyl groups is 1. The molecule has 1 fully saturated rings. The van der Waals surface area contributed by atoms with E-state index in [4.69, 9.17) is 5.73 Å². The summed E-state index contributed by atoms with van der Waals surface area (Å²) >= 11 is 0. The van der Waals surface area contributed by atoms with Gasteiger partial charge < -0.3 is 10.8 Å². The van der Waals surface area contributed by atoms with Crippen molar-refractivity contribution in [1.29, 1.82) is 0 Å². The minimum Gasteiger partial charge on any atom is -0.396 e. The zero-order valence-electron chi connectivity index (χ0n) is 10.3. The topological polar surface area (TPSA) is 67.3 Å². The van der Waals surface area contributed by atoms with Gasteiger partial charge in [0.1, 0.15) is 0 Å². The predicted octanol–water partition coefficient (Wildman–Crippen LogP) is 0.853. The van der Waals surface area contributed by atoms with Crippen LogP contribution in [0.25, 0.3) is 0 Å². The van der Waals surface area contributed by atoms with E-state index in [9.17, 15) is 18.3 Å². The molecular weight excluding hydrogens is 261 g/mol. The summed E-state index contributed by atoms with van der Waals surface area (Å²) in [6, 6.07) is -0.0565. The van der Waals surface area contributed by atoms with E-state index >= 15 is 0 Å². The highest BCUT2D eigenvalue weighted by atomic mass is 19.4. The van der Waals surface area contributed by atoms with E-state index in [1.807, 2.05) is 0 Å². The number of anilines is 1. The van der Waals surface area contributed by atoms with Crippen molar-refractivity contribution < 1.29 is 18.3 Å². The third-order valence-corrected chi connectivity index (χ3v) is 2.94. The molecule has 0 bridgehead atoms. The summed E-state index contributed by atoms with van der Waals surface area (Å²) in [5, 5.41) is 13.7. The molecule has 1 heterocycles. The molecule has 19 heavy (non-hydrogen) atoms. The summed E-state index contributed by atoms with van der Waals surface area (Å²) < 4.78 is 38.7. The molecule has 2 rings (SSSR count). The molecule has 5 nitrogen and oxygen atoms in total. The maximum Gasteiger partial charge on any atom is 0.401 e. The summed E-state index contributed by atoms with van der Waals surface area (Å²) in [4.78, 5) is 1.29. The van der Waals surface area contributed by atoms with E-state index in [1.54, 1.807) is 0 Å². The number of rotatable bonds is 6. The summed E-state index contributed by atoms with van der Waals surface area (Å²) in [6.45, 7) is -0.849. The van der Waals surface area contributed by atoms with Gasteiger partial charge in [0, 0.05) is 18.8 Å². The average molecular weight is 278 g/mol. The number of nitrogens with two attached hydrogens (primary N) is 1. The number of aliphatic hydroxyl groups excluding tert-OH is 1. The van der Waals surface area contributed by atoms with E-state index < -0.39 is 18.8 Å². The van der Waals surface area contributed by atoms with Gasteiger partial charge in [-0.25, -0.2) is 0 Å². The van der Waals surface area contributed by atoms with Crippen molar-refractivity contribution in [2.45, 2.75) is 37.7 Å². The van der Waals surface area contributed by atoms with Crippen molar-refractivity contribution in [2.24, 2.45) is 0 Å². The molecule has 1 atom stereocenters. The molecule has 0 radical (unpaired) electrons. The Bertz CT molecular complexity index is 416. The van der Waals surface area contributed by atoms with Crippen LogP contribution in [0.15, 0.2) is 12.4 Å². The monoisotopic (exact) mass is 278 g/mol. The van der Waals surface area contributed by atoms with Crippen molar-refractivity contribution in [1.82, 2.24) is 14.7 Å². The highest BCUT2D eigenvalue weighted by Crippen LogP contribution is 2.30. The van der Waals surface area contributed by atoms with Crippen molar-refractivity contribution in [2.75, 3.05) is 18.8 Å². The van der Waals surface area contributed by atoms with Crippen LogP contribution in [0.1, 0.15) is 12.8 Å². The Morgan fingerprint density at radius 3 is 2.68 bits per heavy atom. The minimum atomic E-state index is -4.24. The van der Waals surface area contributed by atoms with Crippen LogP contribution >= 0.6 is 0 Å². The quantitative estimate of drug-likeness (QED) is 0.809. The Morgan fingerprint density at radius 1 is 1.53 bits per heavy atom. The van der Waals surface area contributed by atoms with Crippen LogP contribution in [0.2, 0.25) is 0 Å². The Kier molecular flexibility index (Phi) is 4.00. The van der Waals surface area contributed by atoms with Gasteiger partial charge in [-0.15, -0.1) is 0 Å². The summed E-state index contributed by atoms with van der Waals surface area (Å²) in [5.41, 5.74) is 5.93. The number of halogens is 3. The van der Waals surface area contributed by atoms with Gasteiger partial charge in [-0.05, 0) is 12.8 Å². The average Bonchev–Trinajstić information content (AvgIpc) is 3.01. The Morgan fingerprint density at radius 2 is 2.21 bits per heavy atom. The number of hydrogen-bond donors (Lipinski definition) is 2. The van der Waals surface area contributed by atoms with Crippen LogP contribution in [0.5, 0.6) is 0 Å². The van der Waals surface area contributed by atoms with Gasteiger partial charge >= 0.3 is 6.18 Å². The second-order valence-electron chi connectivity index (χ2n) is 4.93. The molecule has 3 N–H and O–H groups in total. The van der Waals surface area contributed by atoms with Gasteiger partial charge in [-0.1, -0.05) is 0 Å². The zero-order valence-corrected chi connectivity index (χ0v) is 10.3. The van der Waals surface area contributed by atoms with Gasteiger partial charge in [-0.2, -0.15) is 18.3 Å². The van der Waals surface area contributed by atoms with Gasteiger partial charge in [0.15, 0.2) is 0 Å².